The summed E-state index contributed by atoms with van der Waals surface area (Å²) in [5, 5.41) is 2.99. The summed E-state index contributed by atoms with van der Waals surface area (Å²) >= 11 is 0. The minimum absolute atomic E-state index is 0.0214. The van der Waals surface area contributed by atoms with Crippen LogP contribution in [0.2, 0.25) is 0 Å². The number of imidazole rings is 1. The van der Waals surface area contributed by atoms with Gasteiger partial charge in [-0.05, 0) is 43.5 Å². The van der Waals surface area contributed by atoms with Gasteiger partial charge in [-0.2, -0.15) is 0 Å². The molecule has 1 aromatic heterocycles. The molecule has 1 N–H and O–H groups in total. The third kappa shape index (κ3) is 5.35. The van der Waals surface area contributed by atoms with Crippen molar-refractivity contribution >= 4 is 16.9 Å². The number of nitrogens with zero attached hydrogens (tertiary/aromatic N) is 2. The van der Waals surface area contributed by atoms with Crippen LogP contribution in [0.25, 0.3) is 11.0 Å². The molecule has 0 aliphatic carbocycles. The van der Waals surface area contributed by atoms with Crippen molar-refractivity contribution in [1.82, 2.24) is 14.9 Å². The van der Waals surface area contributed by atoms with Gasteiger partial charge in [0, 0.05) is 32.2 Å². The number of ether oxygens (including phenoxy) is 3. The van der Waals surface area contributed by atoms with Gasteiger partial charge in [-0.15, -0.1) is 0 Å². The van der Waals surface area contributed by atoms with Gasteiger partial charge in [0.15, 0.2) is 0 Å². The molecule has 4 rings (SSSR count). The van der Waals surface area contributed by atoms with E-state index >= 15 is 0 Å². The number of para-hydroxylation sites is 2. The average Bonchev–Trinajstić information content (AvgIpc) is 3.45. The molecule has 1 fully saturated rings. The van der Waals surface area contributed by atoms with Crippen LogP contribution in [0.4, 0.5) is 0 Å². The van der Waals surface area contributed by atoms with Crippen molar-refractivity contribution in [3.63, 3.8) is 0 Å². The van der Waals surface area contributed by atoms with Gasteiger partial charge in [-0.1, -0.05) is 18.2 Å². The number of fused-ring (bicyclic) bond motifs is 1. The topological polar surface area (TPSA) is 74.6 Å². The number of amides is 1. The second-order valence-electron chi connectivity index (χ2n) is 7.59. The van der Waals surface area contributed by atoms with Gasteiger partial charge in [-0.25, -0.2) is 4.98 Å². The second kappa shape index (κ2) is 10.3. The minimum atomic E-state index is -0.299. The van der Waals surface area contributed by atoms with Crippen molar-refractivity contribution in [1.29, 1.82) is 0 Å². The second-order valence-corrected chi connectivity index (χ2v) is 7.59. The maximum Gasteiger partial charge on any atom is 0.249 e. The number of methoxy groups -OCH3 is 1. The van der Waals surface area contributed by atoms with E-state index in [9.17, 15) is 4.79 Å². The fourth-order valence-corrected chi connectivity index (χ4v) is 3.87. The van der Waals surface area contributed by atoms with Crippen LogP contribution in [-0.4, -0.2) is 48.4 Å². The quantitative estimate of drug-likeness (QED) is 0.506. The third-order valence-corrected chi connectivity index (χ3v) is 5.44. The van der Waals surface area contributed by atoms with Crippen LogP contribution in [0.5, 0.6) is 11.5 Å². The molecule has 31 heavy (non-hydrogen) atoms. The molecule has 164 valence electrons. The van der Waals surface area contributed by atoms with Gasteiger partial charge in [0.25, 0.3) is 0 Å². The highest BCUT2D eigenvalue weighted by Gasteiger charge is 2.23. The Labute approximate surface area is 182 Å². The number of carbonyl (C=O) groups excluding carboxylic acids is 1. The Kier molecular flexibility index (Phi) is 7.04. The first-order valence-electron chi connectivity index (χ1n) is 10.8. The maximum atomic E-state index is 12.2. The Hall–Kier alpha value is -3.06. The molecule has 1 aliphatic heterocycles. The fourth-order valence-electron chi connectivity index (χ4n) is 3.87. The van der Waals surface area contributed by atoms with Crippen LogP contribution in [0.15, 0.2) is 48.5 Å². The minimum Gasteiger partial charge on any atom is -0.497 e. The van der Waals surface area contributed by atoms with E-state index in [1.54, 1.807) is 7.11 Å². The highest BCUT2D eigenvalue weighted by atomic mass is 16.5. The molecule has 1 amide bonds. The Morgan fingerprint density at radius 2 is 2.10 bits per heavy atom. The summed E-state index contributed by atoms with van der Waals surface area (Å²) in [5.74, 6) is 2.53. The largest absolute Gasteiger partial charge is 0.497 e. The first-order chi connectivity index (χ1) is 15.2. The Balaban J connectivity index is 1.35. The van der Waals surface area contributed by atoms with Crippen LogP contribution in [-0.2, 0) is 22.5 Å². The number of nitrogens with one attached hydrogen (secondary N) is 1. The predicted octanol–water partition coefficient (Wildman–Crippen LogP) is 3.35. The molecule has 7 nitrogen and oxygen atoms in total. The van der Waals surface area contributed by atoms with E-state index in [0.717, 1.165) is 54.2 Å². The van der Waals surface area contributed by atoms with Gasteiger partial charge in [-0.3, -0.25) is 4.79 Å². The van der Waals surface area contributed by atoms with E-state index in [1.165, 1.54) is 0 Å². The molecule has 0 saturated carbocycles. The summed E-state index contributed by atoms with van der Waals surface area (Å²) in [6.45, 7) is 2.60. The van der Waals surface area contributed by atoms with Crippen molar-refractivity contribution in [2.24, 2.45) is 0 Å². The molecule has 7 heteroatoms. The Morgan fingerprint density at radius 1 is 1.23 bits per heavy atom. The molecule has 2 aromatic carbocycles. The lowest BCUT2D eigenvalue weighted by Gasteiger charge is -2.12. The zero-order valence-corrected chi connectivity index (χ0v) is 17.9. The standard InChI is InChI=1S/C24H29N3O4/c1-29-18-7-4-8-19(17-18)30-16-6-14-27-21-10-3-2-9-20(21)26-23(27)12-13-25-24(28)22-11-5-15-31-22/h2-4,7-10,17,22H,5-6,11-16H2,1H3,(H,25,28). The van der Waals surface area contributed by atoms with E-state index in [0.29, 0.717) is 26.2 Å². The molecule has 1 aliphatic rings. The number of rotatable bonds is 10. The van der Waals surface area contributed by atoms with Crippen molar-refractivity contribution in [2.75, 3.05) is 26.9 Å². The van der Waals surface area contributed by atoms with Gasteiger partial charge >= 0.3 is 0 Å². The summed E-state index contributed by atoms with van der Waals surface area (Å²) in [5.41, 5.74) is 2.07. The van der Waals surface area contributed by atoms with Gasteiger partial charge in [0.05, 0.1) is 24.8 Å². The van der Waals surface area contributed by atoms with E-state index in [2.05, 4.69) is 16.0 Å². The molecular weight excluding hydrogens is 394 g/mol. The molecule has 2 heterocycles. The summed E-state index contributed by atoms with van der Waals surface area (Å²) in [6.07, 6.45) is 2.97. The third-order valence-electron chi connectivity index (χ3n) is 5.44. The van der Waals surface area contributed by atoms with Crippen LogP contribution in [0, 0.1) is 0 Å². The number of aryl methyl sites for hydroxylation is 1. The highest BCUT2D eigenvalue weighted by molar-refractivity contribution is 5.81. The molecule has 1 saturated heterocycles. The van der Waals surface area contributed by atoms with E-state index in [4.69, 9.17) is 19.2 Å². The number of hydrogen-bond donors (Lipinski definition) is 1. The molecular formula is C24H29N3O4. The summed E-state index contributed by atoms with van der Waals surface area (Å²) in [7, 11) is 1.65. The summed E-state index contributed by atoms with van der Waals surface area (Å²) in [6, 6.07) is 15.7. The predicted molar refractivity (Wildman–Crippen MR) is 119 cm³/mol. The Bertz CT molecular complexity index is 1010. The van der Waals surface area contributed by atoms with Crippen LogP contribution >= 0.6 is 0 Å². The number of carbonyl (C=O) groups is 1. The van der Waals surface area contributed by atoms with E-state index < -0.39 is 0 Å². The first kappa shape index (κ1) is 21.2. The molecule has 1 atom stereocenters. The average molecular weight is 424 g/mol. The van der Waals surface area contributed by atoms with Crippen LogP contribution in [0.1, 0.15) is 25.1 Å². The lowest BCUT2D eigenvalue weighted by atomic mass is 10.2. The lowest BCUT2D eigenvalue weighted by Crippen LogP contribution is -2.35. The zero-order chi connectivity index (χ0) is 21.5. The Morgan fingerprint density at radius 3 is 2.94 bits per heavy atom. The number of hydrogen-bond acceptors (Lipinski definition) is 5. The van der Waals surface area contributed by atoms with E-state index in [1.807, 2.05) is 42.5 Å². The summed E-state index contributed by atoms with van der Waals surface area (Å²) in [4.78, 5) is 17.0. The summed E-state index contributed by atoms with van der Waals surface area (Å²) < 4.78 is 18.8. The fraction of sp³-hybridized carbons (Fsp3) is 0.417. The molecule has 1 unspecified atom stereocenters. The monoisotopic (exact) mass is 423 g/mol. The highest BCUT2D eigenvalue weighted by Crippen LogP contribution is 2.20. The van der Waals surface area contributed by atoms with Crippen molar-refractivity contribution < 1.29 is 19.0 Å². The smallest absolute Gasteiger partial charge is 0.249 e. The first-order valence-corrected chi connectivity index (χ1v) is 10.8. The lowest BCUT2D eigenvalue weighted by molar-refractivity contribution is -0.130. The normalized spacial score (nSPS) is 15.8. The molecule has 3 aromatic rings. The van der Waals surface area contributed by atoms with Crippen molar-refractivity contribution in [2.45, 2.75) is 38.3 Å². The van der Waals surface area contributed by atoms with Gasteiger partial charge in [0.1, 0.15) is 23.4 Å². The van der Waals surface area contributed by atoms with Gasteiger partial charge in [0.2, 0.25) is 5.91 Å². The van der Waals surface area contributed by atoms with E-state index in [-0.39, 0.29) is 12.0 Å². The molecule has 0 spiro atoms. The molecule has 0 bridgehead atoms. The van der Waals surface area contributed by atoms with Crippen molar-refractivity contribution in [3.05, 3.63) is 54.4 Å². The SMILES string of the molecule is COc1cccc(OCCCn2c(CCNC(=O)C3CCCO3)nc3ccccc32)c1. The zero-order valence-electron chi connectivity index (χ0n) is 17.9. The maximum absolute atomic E-state index is 12.2. The molecule has 0 radical (unpaired) electrons. The van der Waals surface area contributed by atoms with Crippen LogP contribution < -0.4 is 14.8 Å². The number of aromatic nitrogens is 2. The van der Waals surface area contributed by atoms with Crippen molar-refractivity contribution in [3.8, 4) is 11.5 Å². The number of benzene rings is 2. The van der Waals surface area contributed by atoms with Crippen LogP contribution in [0.3, 0.4) is 0 Å². The van der Waals surface area contributed by atoms with Gasteiger partial charge < -0.3 is 24.1 Å².